The Kier molecular flexibility index (Phi) is 11.4. The van der Waals surface area contributed by atoms with Crippen LogP contribution in [0.5, 0.6) is 5.75 Å². The van der Waals surface area contributed by atoms with Crippen molar-refractivity contribution in [2.45, 2.75) is 90.8 Å². The molecule has 2 amide bonds. The molecule has 220 valence electrons. The number of hydrogen-bond acceptors (Lipinski definition) is 5. The van der Waals surface area contributed by atoms with Gasteiger partial charge in [0.15, 0.2) is 0 Å². The van der Waals surface area contributed by atoms with Gasteiger partial charge in [-0.15, -0.1) is 0 Å². The van der Waals surface area contributed by atoms with Gasteiger partial charge in [0.2, 0.25) is 21.8 Å². The van der Waals surface area contributed by atoms with Crippen LogP contribution in [0.1, 0.15) is 75.0 Å². The molecule has 0 radical (unpaired) electrons. The lowest BCUT2D eigenvalue weighted by molar-refractivity contribution is -0.141. The van der Waals surface area contributed by atoms with Crippen molar-refractivity contribution < 1.29 is 22.7 Å². The minimum atomic E-state index is -3.55. The van der Waals surface area contributed by atoms with Crippen molar-refractivity contribution in [3.05, 3.63) is 59.2 Å². The first-order chi connectivity index (χ1) is 19.0. The summed E-state index contributed by atoms with van der Waals surface area (Å²) >= 11 is 0. The normalized spacial score (nSPS) is 14.8. The zero-order valence-electron chi connectivity index (χ0n) is 24.6. The first kappa shape index (κ1) is 31.5. The predicted octanol–water partition coefficient (Wildman–Crippen LogP) is 5.11. The smallest absolute Gasteiger partial charge is 0.243 e. The minimum absolute atomic E-state index is 0.119. The number of carbonyl (C=O) groups is 2. The van der Waals surface area contributed by atoms with Crippen LogP contribution in [0, 0.1) is 13.8 Å². The molecule has 9 heteroatoms. The number of rotatable bonds is 13. The van der Waals surface area contributed by atoms with E-state index >= 15 is 0 Å². The Morgan fingerprint density at radius 1 is 1.07 bits per heavy atom. The first-order valence-corrected chi connectivity index (χ1v) is 16.2. The third kappa shape index (κ3) is 8.46. The monoisotopic (exact) mass is 571 g/mol. The molecule has 0 heterocycles. The van der Waals surface area contributed by atoms with Crippen molar-refractivity contribution in [3.8, 4) is 5.75 Å². The summed E-state index contributed by atoms with van der Waals surface area (Å²) < 4.78 is 32.2. The highest BCUT2D eigenvalue weighted by Gasteiger charge is 2.30. The van der Waals surface area contributed by atoms with E-state index in [1.54, 1.807) is 18.1 Å². The van der Waals surface area contributed by atoms with Gasteiger partial charge in [-0.05, 0) is 74.4 Å². The van der Waals surface area contributed by atoms with Crippen LogP contribution in [-0.2, 0) is 26.2 Å². The molecule has 2 aromatic carbocycles. The topological polar surface area (TPSA) is 96.0 Å². The maximum absolute atomic E-state index is 13.7. The van der Waals surface area contributed by atoms with Gasteiger partial charge < -0.3 is 15.0 Å². The SMILES string of the molecule is CC[C@H](C(=O)NC1CCCCC1)N(Cc1cccc(OC)c1)C(=O)CCCN(c1cccc(C)c1C)S(C)(=O)=O. The number of sulfonamides is 1. The summed E-state index contributed by atoms with van der Waals surface area (Å²) in [5.74, 6) is 0.378. The molecule has 1 aliphatic carbocycles. The largest absolute Gasteiger partial charge is 0.497 e. The Hall–Kier alpha value is -3.07. The zero-order valence-corrected chi connectivity index (χ0v) is 25.4. The lowest BCUT2D eigenvalue weighted by Crippen LogP contribution is -2.51. The lowest BCUT2D eigenvalue weighted by atomic mass is 9.95. The predicted molar refractivity (Wildman–Crippen MR) is 160 cm³/mol. The van der Waals surface area contributed by atoms with Crippen molar-refractivity contribution >= 4 is 27.5 Å². The second-order valence-electron chi connectivity index (χ2n) is 10.8. The Morgan fingerprint density at radius 3 is 2.42 bits per heavy atom. The van der Waals surface area contributed by atoms with E-state index in [1.807, 2.05) is 57.2 Å². The molecule has 1 N–H and O–H groups in total. The van der Waals surface area contributed by atoms with Crippen LogP contribution < -0.4 is 14.4 Å². The van der Waals surface area contributed by atoms with Crippen LogP contribution in [0.3, 0.4) is 0 Å². The molecule has 1 atom stereocenters. The molecule has 40 heavy (non-hydrogen) atoms. The van der Waals surface area contributed by atoms with E-state index in [0.29, 0.717) is 24.3 Å². The van der Waals surface area contributed by atoms with Gasteiger partial charge in [0, 0.05) is 25.6 Å². The number of nitrogens with zero attached hydrogens (tertiary/aromatic N) is 2. The van der Waals surface area contributed by atoms with E-state index in [2.05, 4.69) is 5.32 Å². The van der Waals surface area contributed by atoms with E-state index < -0.39 is 16.1 Å². The maximum Gasteiger partial charge on any atom is 0.243 e. The first-order valence-electron chi connectivity index (χ1n) is 14.3. The molecule has 1 saturated carbocycles. The molecule has 1 fully saturated rings. The van der Waals surface area contributed by atoms with Crippen LogP contribution in [0.4, 0.5) is 5.69 Å². The standard InChI is InChI=1S/C31H45N3O5S/c1-6-28(31(36)32-26-15-8-7-9-16-26)33(22-25-14-11-17-27(21-25)39-4)30(35)19-12-20-34(40(5,37)38)29-18-10-13-23(2)24(29)3/h10-11,13-14,17-18,21,26,28H,6-9,12,15-16,19-20,22H2,1-5H3,(H,32,36)/t28-/m1/s1. The van der Waals surface area contributed by atoms with Gasteiger partial charge in [-0.25, -0.2) is 8.42 Å². The summed E-state index contributed by atoms with van der Waals surface area (Å²) in [5, 5.41) is 3.20. The van der Waals surface area contributed by atoms with Gasteiger partial charge >= 0.3 is 0 Å². The second-order valence-corrected chi connectivity index (χ2v) is 12.7. The van der Waals surface area contributed by atoms with Crippen molar-refractivity contribution in [3.63, 3.8) is 0 Å². The third-order valence-corrected chi connectivity index (χ3v) is 9.00. The van der Waals surface area contributed by atoms with Crippen molar-refractivity contribution in [2.75, 3.05) is 24.2 Å². The summed E-state index contributed by atoms with van der Waals surface area (Å²) in [6.07, 6.45) is 7.44. The number of amides is 2. The number of ether oxygens (including phenoxy) is 1. The van der Waals surface area contributed by atoms with Crippen molar-refractivity contribution in [2.24, 2.45) is 0 Å². The van der Waals surface area contributed by atoms with Crippen molar-refractivity contribution in [1.29, 1.82) is 0 Å². The summed E-state index contributed by atoms with van der Waals surface area (Å²) in [5.41, 5.74) is 3.39. The van der Waals surface area contributed by atoms with Gasteiger partial charge in [0.25, 0.3) is 0 Å². The molecule has 0 spiro atoms. The molecular weight excluding hydrogens is 526 g/mol. The van der Waals surface area contributed by atoms with Gasteiger partial charge in [-0.1, -0.05) is 50.5 Å². The highest BCUT2D eigenvalue weighted by Crippen LogP contribution is 2.26. The molecule has 2 aromatic rings. The van der Waals surface area contributed by atoms with E-state index in [1.165, 1.54) is 17.0 Å². The lowest BCUT2D eigenvalue weighted by Gasteiger charge is -2.33. The fraction of sp³-hybridized carbons (Fsp3) is 0.548. The van der Waals surface area contributed by atoms with E-state index in [-0.39, 0.29) is 37.4 Å². The summed E-state index contributed by atoms with van der Waals surface area (Å²) in [4.78, 5) is 28.8. The van der Waals surface area contributed by atoms with Crippen LogP contribution in [0.15, 0.2) is 42.5 Å². The third-order valence-electron chi connectivity index (χ3n) is 7.82. The van der Waals surface area contributed by atoms with Crippen molar-refractivity contribution in [1.82, 2.24) is 10.2 Å². The maximum atomic E-state index is 13.7. The average molecular weight is 572 g/mol. The number of benzene rings is 2. The van der Waals surface area contributed by atoms with E-state index in [9.17, 15) is 18.0 Å². The molecule has 0 aliphatic heterocycles. The molecular formula is C31H45N3O5S. The number of carbonyl (C=O) groups excluding carboxylic acids is 2. The molecule has 0 bridgehead atoms. The molecule has 8 nitrogen and oxygen atoms in total. The van der Waals surface area contributed by atoms with Crippen LogP contribution >= 0.6 is 0 Å². The second kappa shape index (κ2) is 14.5. The summed E-state index contributed by atoms with van der Waals surface area (Å²) in [6, 6.07) is 12.6. The molecule has 0 aromatic heterocycles. The van der Waals surface area contributed by atoms with Crippen LogP contribution in [-0.4, -0.2) is 57.1 Å². The molecule has 0 saturated heterocycles. The van der Waals surface area contributed by atoms with Gasteiger partial charge in [0.1, 0.15) is 11.8 Å². The number of methoxy groups -OCH3 is 1. The summed E-state index contributed by atoms with van der Waals surface area (Å²) in [6.45, 7) is 6.21. The number of aryl methyl sites for hydroxylation is 1. The van der Waals surface area contributed by atoms with E-state index in [0.717, 1.165) is 42.4 Å². The molecule has 0 unspecified atom stereocenters. The summed E-state index contributed by atoms with van der Waals surface area (Å²) in [7, 11) is -1.96. The van der Waals surface area contributed by atoms with Gasteiger partial charge in [-0.2, -0.15) is 0 Å². The quantitative estimate of drug-likeness (QED) is 0.360. The van der Waals surface area contributed by atoms with Crippen LogP contribution in [0.25, 0.3) is 0 Å². The minimum Gasteiger partial charge on any atom is -0.497 e. The highest BCUT2D eigenvalue weighted by molar-refractivity contribution is 7.92. The van der Waals surface area contributed by atoms with Gasteiger partial charge in [0.05, 0.1) is 19.1 Å². The zero-order chi connectivity index (χ0) is 29.3. The Labute approximate surface area is 240 Å². The Morgan fingerprint density at radius 2 is 1.77 bits per heavy atom. The fourth-order valence-corrected chi connectivity index (χ4v) is 6.44. The Balaban J connectivity index is 1.79. The molecule has 1 aliphatic rings. The fourth-order valence-electron chi connectivity index (χ4n) is 5.42. The molecule has 3 rings (SSSR count). The highest BCUT2D eigenvalue weighted by atomic mass is 32.2. The van der Waals surface area contributed by atoms with E-state index in [4.69, 9.17) is 4.74 Å². The average Bonchev–Trinajstić information content (AvgIpc) is 2.92. The number of hydrogen-bond donors (Lipinski definition) is 1. The van der Waals surface area contributed by atoms with Gasteiger partial charge in [-0.3, -0.25) is 13.9 Å². The van der Waals surface area contributed by atoms with Crippen LogP contribution in [0.2, 0.25) is 0 Å². The number of anilines is 1. The Bertz CT molecular complexity index is 1260. The number of nitrogens with one attached hydrogen (secondary N) is 1.